The Morgan fingerprint density at radius 3 is 2.74 bits per heavy atom. The number of hydrogen-bond acceptors (Lipinski definition) is 3. The van der Waals surface area contributed by atoms with Gasteiger partial charge < -0.3 is 4.74 Å². The van der Waals surface area contributed by atoms with E-state index in [1.807, 2.05) is 24.4 Å². The van der Waals surface area contributed by atoms with Crippen LogP contribution in [0.2, 0.25) is 0 Å². The zero-order chi connectivity index (χ0) is 13.3. The summed E-state index contributed by atoms with van der Waals surface area (Å²) >= 11 is 1.72. The lowest BCUT2D eigenvalue weighted by Crippen LogP contribution is -1.98. The van der Waals surface area contributed by atoms with Crippen molar-refractivity contribution < 1.29 is 4.74 Å². The molecule has 0 aliphatic carbocycles. The van der Waals surface area contributed by atoms with Crippen molar-refractivity contribution in [1.82, 2.24) is 4.98 Å². The van der Waals surface area contributed by atoms with Crippen molar-refractivity contribution in [3.8, 4) is 5.75 Å². The normalized spacial score (nSPS) is 10.4. The highest BCUT2D eigenvalue weighted by atomic mass is 32.2. The standard InChI is InChI=1S/C16H19NOS/c1-2-3-12-18-15-10-7-11-17-16(15)19-13-14-8-5-4-6-9-14/h4-11H,2-3,12-13H2,1H3. The van der Waals surface area contributed by atoms with E-state index in [-0.39, 0.29) is 0 Å². The zero-order valence-electron chi connectivity index (χ0n) is 11.2. The molecule has 1 aromatic carbocycles. The molecule has 0 amide bonds. The monoisotopic (exact) mass is 273 g/mol. The Hall–Kier alpha value is -1.48. The van der Waals surface area contributed by atoms with E-state index in [0.29, 0.717) is 0 Å². The van der Waals surface area contributed by atoms with E-state index in [1.54, 1.807) is 11.8 Å². The zero-order valence-corrected chi connectivity index (χ0v) is 12.0. The lowest BCUT2D eigenvalue weighted by molar-refractivity contribution is 0.300. The van der Waals surface area contributed by atoms with Gasteiger partial charge in [-0.15, -0.1) is 0 Å². The second-order valence-electron chi connectivity index (χ2n) is 4.28. The highest BCUT2D eigenvalue weighted by molar-refractivity contribution is 7.98. The minimum absolute atomic E-state index is 0.765. The predicted molar refractivity (Wildman–Crippen MR) is 80.6 cm³/mol. The summed E-state index contributed by atoms with van der Waals surface area (Å²) < 4.78 is 5.78. The van der Waals surface area contributed by atoms with Crippen molar-refractivity contribution in [2.75, 3.05) is 6.61 Å². The maximum atomic E-state index is 5.78. The highest BCUT2D eigenvalue weighted by Gasteiger charge is 2.05. The quantitative estimate of drug-likeness (QED) is 0.545. The number of benzene rings is 1. The topological polar surface area (TPSA) is 22.1 Å². The molecule has 0 unspecified atom stereocenters. The first-order valence-electron chi connectivity index (χ1n) is 6.64. The molecule has 0 aliphatic heterocycles. The third kappa shape index (κ3) is 4.60. The Balaban J connectivity index is 1.95. The van der Waals surface area contributed by atoms with Gasteiger partial charge in [0.1, 0.15) is 5.03 Å². The van der Waals surface area contributed by atoms with E-state index in [9.17, 15) is 0 Å². The van der Waals surface area contributed by atoms with Crippen LogP contribution in [-0.2, 0) is 5.75 Å². The molecular formula is C16H19NOS. The largest absolute Gasteiger partial charge is 0.491 e. The first-order valence-corrected chi connectivity index (χ1v) is 7.63. The van der Waals surface area contributed by atoms with E-state index in [4.69, 9.17) is 4.74 Å². The van der Waals surface area contributed by atoms with Crippen LogP contribution >= 0.6 is 11.8 Å². The van der Waals surface area contributed by atoms with Crippen molar-refractivity contribution >= 4 is 11.8 Å². The molecule has 2 rings (SSSR count). The van der Waals surface area contributed by atoms with Crippen molar-refractivity contribution in [3.63, 3.8) is 0 Å². The van der Waals surface area contributed by atoms with Gasteiger partial charge in [0.15, 0.2) is 5.75 Å². The number of pyridine rings is 1. The van der Waals surface area contributed by atoms with Crippen LogP contribution in [0.1, 0.15) is 25.3 Å². The average molecular weight is 273 g/mol. The molecule has 0 aliphatic rings. The smallest absolute Gasteiger partial charge is 0.151 e. The number of unbranched alkanes of at least 4 members (excludes halogenated alkanes) is 1. The highest BCUT2D eigenvalue weighted by Crippen LogP contribution is 2.29. The van der Waals surface area contributed by atoms with Crippen molar-refractivity contribution in [1.29, 1.82) is 0 Å². The number of ether oxygens (including phenoxy) is 1. The summed E-state index contributed by atoms with van der Waals surface area (Å²) in [5, 5.41) is 0.974. The summed E-state index contributed by atoms with van der Waals surface area (Å²) in [5.74, 6) is 1.82. The van der Waals surface area contributed by atoms with Gasteiger partial charge >= 0.3 is 0 Å². The van der Waals surface area contributed by atoms with Crippen LogP contribution in [0.15, 0.2) is 53.7 Å². The Labute approximate surface area is 119 Å². The molecule has 0 fully saturated rings. The first-order chi connectivity index (χ1) is 9.40. The number of thioether (sulfide) groups is 1. The van der Waals surface area contributed by atoms with Crippen LogP contribution < -0.4 is 4.74 Å². The lowest BCUT2D eigenvalue weighted by atomic mass is 10.2. The fraction of sp³-hybridized carbons (Fsp3) is 0.312. The molecule has 0 N–H and O–H groups in total. The summed E-state index contributed by atoms with van der Waals surface area (Å²) in [6, 6.07) is 14.3. The fourth-order valence-corrected chi connectivity index (χ4v) is 2.55. The van der Waals surface area contributed by atoms with Crippen LogP contribution in [0.3, 0.4) is 0 Å². The molecule has 2 nitrogen and oxygen atoms in total. The van der Waals surface area contributed by atoms with Gasteiger partial charge in [-0.1, -0.05) is 55.4 Å². The number of rotatable bonds is 7. The molecule has 1 aromatic heterocycles. The minimum Gasteiger partial charge on any atom is -0.491 e. The third-order valence-electron chi connectivity index (χ3n) is 2.71. The molecule has 0 saturated heterocycles. The second kappa shape index (κ2) is 7.85. The molecule has 0 atom stereocenters. The van der Waals surface area contributed by atoms with Gasteiger partial charge in [0, 0.05) is 11.9 Å². The molecule has 100 valence electrons. The Kier molecular flexibility index (Phi) is 5.76. The van der Waals surface area contributed by atoms with Gasteiger partial charge in [-0.3, -0.25) is 0 Å². The lowest BCUT2D eigenvalue weighted by Gasteiger charge is -2.09. The number of hydrogen-bond donors (Lipinski definition) is 0. The number of nitrogens with zero attached hydrogens (tertiary/aromatic N) is 1. The van der Waals surface area contributed by atoms with Gasteiger partial charge in [0.05, 0.1) is 6.61 Å². The second-order valence-corrected chi connectivity index (χ2v) is 5.25. The van der Waals surface area contributed by atoms with E-state index in [2.05, 4.69) is 36.2 Å². The van der Waals surface area contributed by atoms with E-state index in [1.165, 1.54) is 5.56 Å². The van der Waals surface area contributed by atoms with Crippen LogP contribution in [-0.4, -0.2) is 11.6 Å². The SMILES string of the molecule is CCCCOc1cccnc1SCc1ccccc1. The first kappa shape index (κ1) is 13.9. The van der Waals surface area contributed by atoms with Crippen LogP contribution in [0.25, 0.3) is 0 Å². The Morgan fingerprint density at radius 1 is 1.11 bits per heavy atom. The summed E-state index contributed by atoms with van der Waals surface area (Å²) in [7, 11) is 0. The Morgan fingerprint density at radius 2 is 1.95 bits per heavy atom. The molecule has 19 heavy (non-hydrogen) atoms. The average Bonchev–Trinajstić information content (AvgIpc) is 2.48. The van der Waals surface area contributed by atoms with E-state index < -0.39 is 0 Å². The summed E-state index contributed by atoms with van der Waals surface area (Å²) in [4.78, 5) is 4.41. The summed E-state index contributed by atoms with van der Waals surface area (Å²) in [5.41, 5.74) is 1.30. The third-order valence-corrected chi connectivity index (χ3v) is 3.77. The summed E-state index contributed by atoms with van der Waals surface area (Å²) in [6.07, 6.45) is 4.05. The molecule has 0 radical (unpaired) electrons. The summed E-state index contributed by atoms with van der Waals surface area (Å²) in [6.45, 7) is 2.93. The molecule has 0 bridgehead atoms. The van der Waals surface area contributed by atoms with Crippen molar-refractivity contribution in [3.05, 3.63) is 54.2 Å². The van der Waals surface area contributed by atoms with Gasteiger partial charge in [0.2, 0.25) is 0 Å². The van der Waals surface area contributed by atoms with Crippen LogP contribution in [0, 0.1) is 0 Å². The molecule has 0 saturated carbocycles. The molecule has 0 spiro atoms. The van der Waals surface area contributed by atoms with E-state index >= 15 is 0 Å². The van der Waals surface area contributed by atoms with Gasteiger partial charge in [-0.05, 0) is 24.1 Å². The van der Waals surface area contributed by atoms with Gasteiger partial charge in [0.25, 0.3) is 0 Å². The Bertz CT molecular complexity index is 487. The minimum atomic E-state index is 0.765. The van der Waals surface area contributed by atoms with E-state index in [0.717, 1.165) is 36.0 Å². The molecule has 1 heterocycles. The maximum Gasteiger partial charge on any atom is 0.151 e. The predicted octanol–water partition coefficient (Wildman–Crippen LogP) is 4.55. The fourth-order valence-electron chi connectivity index (χ4n) is 1.65. The molecule has 2 aromatic rings. The van der Waals surface area contributed by atoms with Crippen molar-refractivity contribution in [2.24, 2.45) is 0 Å². The maximum absolute atomic E-state index is 5.78. The van der Waals surface area contributed by atoms with Gasteiger partial charge in [-0.2, -0.15) is 0 Å². The molecule has 3 heteroatoms. The van der Waals surface area contributed by atoms with Gasteiger partial charge in [-0.25, -0.2) is 4.98 Å². The van der Waals surface area contributed by atoms with Crippen LogP contribution in [0.4, 0.5) is 0 Å². The molecular weight excluding hydrogens is 254 g/mol. The number of aromatic nitrogens is 1. The van der Waals surface area contributed by atoms with Crippen molar-refractivity contribution in [2.45, 2.75) is 30.5 Å². The van der Waals surface area contributed by atoms with Crippen LogP contribution in [0.5, 0.6) is 5.75 Å².